The van der Waals surface area contributed by atoms with Gasteiger partial charge in [0.1, 0.15) is 11.6 Å². The van der Waals surface area contributed by atoms with Crippen LogP contribution in [0.4, 0.5) is 14.5 Å². The summed E-state index contributed by atoms with van der Waals surface area (Å²) in [6.45, 7) is 4.22. The van der Waals surface area contributed by atoms with Crippen molar-refractivity contribution in [2.75, 3.05) is 11.4 Å². The molecule has 0 saturated carbocycles. The highest BCUT2D eigenvalue weighted by Gasteiger charge is 2.35. The van der Waals surface area contributed by atoms with Crippen molar-refractivity contribution < 1.29 is 28.4 Å². The maximum Gasteiger partial charge on any atom is 0.475 e. The van der Waals surface area contributed by atoms with Gasteiger partial charge in [-0.1, -0.05) is 13.8 Å². The van der Waals surface area contributed by atoms with Crippen LogP contribution in [0.5, 0.6) is 0 Å². The van der Waals surface area contributed by atoms with Crippen molar-refractivity contribution in [2.45, 2.75) is 51.5 Å². The summed E-state index contributed by atoms with van der Waals surface area (Å²) >= 11 is 0. The van der Waals surface area contributed by atoms with Crippen LogP contribution in [0.2, 0.25) is 0 Å². The molecule has 0 radical (unpaired) electrons. The normalized spacial score (nSPS) is 17.4. The van der Waals surface area contributed by atoms with Crippen molar-refractivity contribution in [1.29, 1.82) is 0 Å². The number of halogens is 2. The molecule has 6 nitrogen and oxygen atoms in total. The first-order chi connectivity index (χ1) is 12.7. The number of Topliss-reactive ketones (excluding diaryl/α,β-unsaturated/α-hetero) is 1. The van der Waals surface area contributed by atoms with Crippen LogP contribution in [-0.4, -0.2) is 47.4 Å². The Hall–Kier alpha value is -2.00. The molecular weight excluding hydrogens is 357 g/mol. The Morgan fingerprint density at radius 2 is 2.00 bits per heavy atom. The van der Waals surface area contributed by atoms with E-state index in [1.165, 1.54) is 4.90 Å². The predicted octanol–water partition coefficient (Wildman–Crippen LogP) is 1.44. The Bertz CT molecular complexity index is 687. The van der Waals surface area contributed by atoms with E-state index in [1.54, 1.807) is 0 Å². The molecule has 1 aromatic rings. The number of hydrogen-bond donors (Lipinski definition) is 3. The minimum absolute atomic E-state index is 0.0458. The van der Waals surface area contributed by atoms with Gasteiger partial charge in [-0.25, -0.2) is 8.78 Å². The fraction of sp³-hybridized carbons (Fsp3) is 0.556. The smallest absolute Gasteiger partial charge is 0.426 e. The largest absolute Gasteiger partial charge is 0.475 e. The molecule has 2 rings (SSSR count). The third kappa shape index (κ3) is 5.74. The Morgan fingerprint density at radius 3 is 2.56 bits per heavy atom. The van der Waals surface area contributed by atoms with Crippen molar-refractivity contribution in [3.05, 3.63) is 29.8 Å². The monoisotopic (exact) mass is 382 g/mol. The highest BCUT2D eigenvalue weighted by molar-refractivity contribution is 6.43. The summed E-state index contributed by atoms with van der Waals surface area (Å²) in [6, 6.07) is 2.51. The molecule has 1 aromatic carbocycles. The van der Waals surface area contributed by atoms with Crippen LogP contribution in [0.3, 0.4) is 0 Å². The van der Waals surface area contributed by atoms with E-state index in [-0.39, 0.29) is 30.2 Å². The van der Waals surface area contributed by atoms with Crippen LogP contribution in [0.1, 0.15) is 39.5 Å². The number of hydrogen-bond acceptors (Lipinski definition) is 5. The van der Waals surface area contributed by atoms with E-state index < -0.39 is 36.6 Å². The van der Waals surface area contributed by atoms with Gasteiger partial charge in [-0.05, 0) is 30.9 Å². The summed E-state index contributed by atoms with van der Waals surface area (Å²) < 4.78 is 27.2. The Labute approximate surface area is 157 Å². The lowest BCUT2D eigenvalue weighted by molar-refractivity contribution is -0.126. The van der Waals surface area contributed by atoms with Gasteiger partial charge in [0.2, 0.25) is 5.91 Å². The lowest BCUT2D eigenvalue weighted by atomic mass is 9.75. The molecule has 0 spiro atoms. The maximum absolute atomic E-state index is 13.9. The van der Waals surface area contributed by atoms with Crippen molar-refractivity contribution in [3.8, 4) is 0 Å². The molecular formula is C18H25BF2N2O4. The summed E-state index contributed by atoms with van der Waals surface area (Å²) in [4.78, 5) is 25.9. The van der Waals surface area contributed by atoms with Gasteiger partial charge >= 0.3 is 7.12 Å². The zero-order valence-corrected chi connectivity index (χ0v) is 15.5. The Balaban J connectivity index is 1.88. The van der Waals surface area contributed by atoms with E-state index in [9.17, 15) is 28.4 Å². The van der Waals surface area contributed by atoms with Crippen molar-refractivity contribution >= 4 is 24.5 Å². The van der Waals surface area contributed by atoms with Gasteiger partial charge in [0.05, 0.1) is 17.7 Å². The molecule has 1 aliphatic heterocycles. The minimum Gasteiger partial charge on any atom is -0.426 e. The average molecular weight is 382 g/mol. The highest BCUT2D eigenvalue weighted by atomic mass is 19.1. The third-order valence-corrected chi connectivity index (χ3v) is 4.64. The SMILES string of the molecule is CC(C)C[C@@H](NC(=O)CCC(=O)[C@@H]1CCN1c1cc(F)ccc1F)B(O)O. The molecule has 1 amide bonds. The number of carbonyl (C=O) groups is 2. The van der Waals surface area contributed by atoms with Gasteiger partial charge in [-0.3, -0.25) is 9.59 Å². The average Bonchev–Trinajstić information content (AvgIpc) is 2.54. The van der Waals surface area contributed by atoms with E-state index in [0.717, 1.165) is 18.2 Å². The molecule has 1 heterocycles. The van der Waals surface area contributed by atoms with Gasteiger partial charge in [0.25, 0.3) is 0 Å². The van der Waals surface area contributed by atoms with E-state index in [2.05, 4.69) is 5.32 Å². The quantitative estimate of drug-likeness (QED) is 0.563. The third-order valence-electron chi connectivity index (χ3n) is 4.64. The molecule has 0 unspecified atom stereocenters. The van der Waals surface area contributed by atoms with Gasteiger partial charge in [0.15, 0.2) is 5.78 Å². The van der Waals surface area contributed by atoms with Crippen LogP contribution in [0.25, 0.3) is 0 Å². The second kappa shape index (κ2) is 9.28. The van der Waals surface area contributed by atoms with Gasteiger partial charge in [-0.15, -0.1) is 0 Å². The van der Waals surface area contributed by atoms with Crippen LogP contribution >= 0.6 is 0 Å². The molecule has 0 bridgehead atoms. The van der Waals surface area contributed by atoms with Crippen LogP contribution in [0.15, 0.2) is 18.2 Å². The number of anilines is 1. The van der Waals surface area contributed by atoms with E-state index in [4.69, 9.17) is 0 Å². The zero-order valence-electron chi connectivity index (χ0n) is 15.5. The summed E-state index contributed by atoms with van der Waals surface area (Å²) in [7, 11) is -1.68. The molecule has 1 fully saturated rings. The first kappa shape index (κ1) is 21.3. The highest BCUT2D eigenvalue weighted by Crippen LogP contribution is 2.30. The van der Waals surface area contributed by atoms with Crippen molar-refractivity contribution in [2.24, 2.45) is 5.92 Å². The molecule has 0 aliphatic carbocycles. The molecule has 9 heteroatoms. The van der Waals surface area contributed by atoms with Crippen molar-refractivity contribution in [3.63, 3.8) is 0 Å². The molecule has 3 N–H and O–H groups in total. The molecule has 0 aromatic heterocycles. The number of nitrogens with one attached hydrogen (secondary N) is 1. The fourth-order valence-electron chi connectivity index (χ4n) is 3.16. The molecule has 1 saturated heterocycles. The summed E-state index contributed by atoms with van der Waals surface area (Å²) in [5.74, 6) is -2.50. The number of amides is 1. The topological polar surface area (TPSA) is 89.9 Å². The van der Waals surface area contributed by atoms with Crippen molar-refractivity contribution in [1.82, 2.24) is 5.32 Å². The van der Waals surface area contributed by atoms with Gasteiger partial charge in [0, 0.05) is 25.5 Å². The molecule has 27 heavy (non-hydrogen) atoms. The number of nitrogens with zero attached hydrogens (tertiary/aromatic N) is 1. The second-order valence-corrected chi connectivity index (χ2v) is 7.28. The first-order valence-corrected chi connectivity index (χ1v) is 9.09. The van der Waals surface area contributed by atoms with Gasteiger partial charge in [-0.2, -0.15) is 0 Å². The van der Waals surface area contributed by atoms with E-state index in [1.807, 2.05) is 13.8 Å². The fourth-order valence-corrected chi connectivity index (χ4v) is 3.16. The van der Waals surface area contributed by atoms with Gasteiger partial charge < -0.3 is 20.3 Å². The summed E-state index contributed by atoms with van der Waals surface area (Å²) in [5.41, 5.74) is 0.0458. The second-order valence-electron chi connectivity index (χ2n) is 7.28. The van der Waals surface area contributed by atoms with Crippen LogP contribution < -0.4 is 10.2 Å². The standard InChI is InChI=1S/C18H25BF2N2O4/c1-11(2)9-17(19(26)27)22-18(25)6-5-16(24)14-7-8-23(14)15-10-12(20)3-4-13(15)21/h3-4,10-11,14,17,26-27H,5-9H2,1-2H3,(H,22,25)/t14-,17+/m0/s1. The number of benzene rings is 1. The molecule has 2 atom stereocenters. The number of rotatable bonds is 9. The van der Waals surface area contributed by atoms with E-state index >= 15 is 0 Å². The Morgan fingerprint density at radius 1 is 1.30 bits per heavy atom. The minimum atomic E-state index is -1.68. The number of carbonyl (C=O) groups excluding carboxylic acids is 2. The number of ketones is 1. The maximum atomic E-state index is 13.9. The Kier molecular flexibility index (Phi) is 7.32. The van der Waals surface area contributed by atoms with E-state index in [0.29, 0.717) is 19.4 Å². The molecule has 1 aliphatic rings. The summed E-state index contributed by atoms with van der Waals surface area (Å²) in [6.07, 6.45) is 0.754. The summed E-state index contributed by atoms with van der Waals surface area (Å²) in [5, 5.41) is 21.2. The lowest BCUT2D eigenvalue weighted by Gasteiger charge is -2.42. The first-order valence-electron chi connectivity index (χ1n) is 9.09. The lowest BCUT2D eigenvalue weighted by Crippen LogP contribution is -2.53. The predicted molar refractivity (Wildman–Crippen MR) is 97.9 cm³/mol. The molecule has 148 valence electrons. The van der Waals surface area contributed by atoms with Crippen LogP contribution in [0, 0.1) is 17.6 Å². The zero-order chi connectivity index (χ0) is 20.1. The van der Waals surface area contributed by atoms with Crippen LogP contribution in [-0.2, 0) is 9.59 Å².